The first-order chi connectivity index (χ1) is 11.6. The number of carbonyl (C=O) groups excluding carboxylic acids is 1. The summed E-state index contributed by atoms with van der Waals surface area (Å²) >= 11 is 0. The third kappa shape index (κ3) is 3.04. The number of amides is 1. The van der Waals surface area contributed by atoms with Gasteiger partial charge in [0.25, 0.3) is 5.91 Å². The molecule has 1 aromatic heterocycles. The topological polar surface area (TPSA) is 68.5 Å². The van der Waals surface area contributed by atoms with Gasteiger partial charge < -0.3 is 4.42 Å². The van der Waals surface area contributed by atoms with E-state index in [4.69, 9.17) is 9.25 Å². The highest BCUT2D eigenvalue weighted by atomic mass is 16.7. The molecular weight excluding hydrogens is 306 g/mol. The lowest BCUT2D eigenvalue weighted by Gasteiger charge is -2.13. The summed E-state index contributed by atoms with van der Waals surface area (Å²) in [4.78, 5) is 16.9. The van der Waals surface area contributed by atoms with Crippen LogP contribution in [0.5, 0.6) is 0 Å². The van der Waals surface area contributed by atoms with Gasteiger partial charge in [-0.2, -0.15) is 0 Å². The van der Waals surface area contributed by atoms with Crippen molar-refractivity contribution in [2.24, 2.45) is 0 Å². The van der Waals surface area contributed by atoms with Crippen molar-refractivity contribution in [1.82, 2.24) is 15.3 Å². The van der Waals surface area contributed by atoms with Gasteiger partial charge in [-0.3, -0.25) is 9.63 Å². The molecule has 1 amide bonds. The van der Waals surface area contributed by atoms with Crippen LogP contribution in [0.1, 0.15) is 15.9 Å². The average molecular weight is 323 g/mol. The Morgan fingerprint density at radius 2 is 1.71 bits per heavy atom. The smallest absolute Gasteiger partial charge is 0.277 e. The van der Waals surface area contributed by atoms with Gasteiger partial charge in [0.2, 0.25) is 11.8 Å². The molecule has 0 atom stereocenters. The molecule has 0 aliphatic carbocycles. The van der Waals surface area contributed by atoms with E-state index < -0.39 is 0 Å². The molecule has 0 spiro atoms. The molecule has 0 saturated heterocycles. The van der Waals surface area contributed by atoms with Gasteiger partial charge in [0.1, 0.15) is 0 Å². The minimum atomic E-state index is -0.227. The minimum Gasteiger partial charge on any atom is -0.416 e. The molecule has 3 aromatic rings. The van der Waals surface area contributed by atoms with Gasteiger partial charge in [0, 0.05) is 23.7 Å². The fourth-order valence-electron chi connectivity index (χ4n) is 2.28. The van der Waals surface area contributed by atoms with E-state index in [0.29, 0.717) is 17.3 Å². The maximum atomic E-state index is 12.0. The zero-order valence-corrected chi connectivity index (χ0v) is 13.7. The molecule has 1 heterocycles. The number of hydrogen-bond donors (Lipinski definition) is 0. The molecule has 0 aliphatic heterocycles. The Bertz CT molecular complexity index is 856. The Hall–Kier alpha value is -2.99. The Kier molecular flexibility index (Phi) is 4.39. The van der Waals surface area contributed by atoms with E-state index in [1.54, 1.807) is 31.3 Å². The molecule has 0 fully saturated rings. The highest BCUT2D eigenvalue weighted by Gasteiger charge is 2.14. The Morgan fingerprint density at radius 1 is 1.04 bits per heavy atom. The fourth-order valence-corrected chi connectivity index (χ4v) is 2.28. The maximum Gasteiger partial charge on any atom is 0.277 e. The minimum absolute atomic E-state index is 0.227. The standard InChI is InChI=1S/C18H17N3O3/c1-12-6-4-5-7-15(12)17-20-19-16(24-17)13-8-10-14(11-9-13)18(22)21(2)23-3/h4-11H,1-3H3. The number of benzene rings is 2. The monoisotopic (exact) mass is 323 g/mol. The molecule has 6 nitrogen and oxygen atoms in total. The van der Waals surface area contributed by atoms with E-state index >= 15 is 0 Å². The van der Waals surface area contributed by atoms with Crippen molar-refractivity contribution in [3.05, 3.63) is 59.7 Å². The third-order valence-corrected chi connectivity index (χ3v) is 3.74. The van der Waals surface area contributed by atoms with E-state index in [9.17, 15) is 4.79 Å². The van der Waals surface area contributed by atoms with Gasteiger partial charge in [0.05, 0.1) is 7.11 Å². The summed E-state index contributed by atoms with van der Waals surface area (Å²) in [6.07, 6.45) is 0. The van der Waals surface area contributed by atoms with Gasteiger partial charge in [-0.25, -0.2) is 5.06 Å². The SMILES string of the molecule is CON(C)C(=O)c1ccc(-c2nnc(-c3ccccc3C)o2)cc1. The van der Waals surface area contributed by atoms with Crippen molar-refractivity contribution < 1.29 is 14.0 Å². The summed E-state index contributed by atoms with van der Waals surface area (Å²) in [5, 5.41) is 9.37. The number of aryl methyl sites for hydroxylation is 1. The van der Waals surface area contributed by atoms with Crippen LogP contribution in [-0.2, 0) is 4.84 Å². The molecule has 6 heteroatoms. The van der Waals surface area contributed by atoms with Crippen molar-refractivity contribution in [2.45, 2.75) is 6.92 Å². The first-order valence-corrected chi connectivity index (χ1v) is 7.42. The van der Waals surface area contributed by atoms with Gasteiger partial charge in [-0.1, -0.05) is 18.2 Å². The third-order valence-electron chi connectivity index (χ3n) is 3.74. The molecular formula is C18H17N3O3. The quantitative estimate of drug-likeness (QED) is 0.689. The summed E-state index contributed by atoms with van der Waals surface area (Å²) < 4.78 is 5.76. The number of nitrogens with zero attached hydrogens (tertiary/aromatic N) is 3. The largest absolute Gasteiger partial charge is 0.416 e. The molecule has 0 aliphatic rings. The maximum absolute atomic E-state index is 12.0. The molecule has 24 heavy (non-hydrogen) atoms. The van der Waals surface area contributed by atoms with Crippen molar-refractivity contribution in [1.29, 1.82) is 0 Å². The second-order valence-corrected chi connectivity index (χ2v) is 5.29. The fraction of sp³-hybridized carbons (Fsp3) is 0.167. The predicted octanol–water partition coefficient (Wildman–Crippen LogP) is 3.35. The van der Waals surface area contributed by atoms with Crippen molar-refractivity contribution in [3.63, 3.8) is 0 Å². The van der Waals surface area contributed by atoms with E-state index in [0.717, 1.165) is 21.8 Å². The van der Waals surface area contributed by atoms with Crippen LogP contribution in [-0.4, -0.2) is 35.3 Å². The summed E-state index contributed by atoms with van der Waals surface area (Å²) in [5.41, 5.74) is 3.24. The van der Waals surface area contributed by atoms with Crippen LogP contribution >= 0.6 is 0 Å². The number of hydroxylamine groups is 2. The van der Waals surface area contributed by atoms with Gasteiger partial charge in [-0.05, 0) is 42.8 Å². The van der Waals surface area contributed by atoms with Crippen molar-refractivity contribution in [2.75, 3.05) is 14.2 Å². The highest BCUT2D eigenvalue weighted by Crippen LogP contribution is 2.26. The van der Waals surface area contributed by atoms with Crippen molar-refractivity contribution in [3.8, 4) is 22.9 Å². The molecule has 0 N–H and O–H groups in total. The predicted molar refractivity (Wildman–Crippen MR) is 89.0 cm³/mol. The Morgan fingerprint density at radius 3 is 2.38 bits per heavy atom. The lowest BCUT2D eigenvalue weighted by molar-refractivity contribution is -0.0756. The molecule has 0 bridgehead atoms. The molecule has 0 radical (unpaired) electrons. The first-order valence-electron chi connectivity index (χ1n) is 7.42. The summed E-state index contributed by atoms with van der Waals surface area (Å²) in [6, 6.07) is 14.8. The van der Waals surface area contributed by atoms with Gasteiger partial charge in [0.15, 0.2) is 0 Å². The summed E-state index contributed by atoms with van der Waals surface area (Å²) in [5.74, 6) is 0.657. The number of carbonyl (C=O) groups is 1. The Balaban J connectivity index is 1.86. The van der Waals surface area contributed by atoms with E-state index in [-0.39, 0.29) is 5.91 Å². The molecule has 0 unspecified atom stereocenters. The van der Waals surface area contributed by atoms with E-state index in [1.165, 1.54) is 7.11 Å². The van der Waals surface area contributed by atoms with Crippen LogP contribution in [0.3, 0.4) is 0 Å². The van der Waals surface area contributed by atoms with Crippen molar-refractivity contribution >= 4 is 5.91 Å². The summed E-state index contributed by atoms with van der Waals surface area (Å²) in [6.45, 7) is 1.99. The molecule has 0 saturated carbocycles. The molecule has 122 valence electrons. The number of hydrogen-bond acceptors (Lipinski definition) is 5. The molecule has 2 aromatic carbocycles. The summed E-state index contributed by atoms with van der Waals surface area (Å²) in [7, 11) is 3.00. The second-order valence-electron chi connectivity index (χ2n) is 5.29. The first kappa shape index (κ1) is 15.9. The van der Waals surface area contributed by atoms with Crippen LogP contribution < -0.4 is 0 Å². The zero-order valence-electron chi connectivity index (χ0n) is 13.7. The zero-order chi connectivity index (χ0) is 17.1. The van der Waals surface area contributed by atoms with Gasteiger partial charge >= 0.3 is 0 Å². The second kappa shape index (κ2) is 6.64. The lowest BCUT2D eigenvalue weighted by atomic mass is 10.1. The van der Waals surface area contributed by atoms with Crippen LogP contribution in [0.2, 0.25) is 0 Å². The van der Waals surface area contributed by atoms with Gasteiger partial charge in [-0.15, -0.1) is 10.2 Å². The normalized spacial score (nSPS) is 10.6. The Labute approximate surface area is 139 Å². The number of rotatable bonds is 4. The highest BCUT2D eigenvalue weighted by molar-refractivity contribution is 5.93. The average Bonchev–Trinajstić information content (AvgIpc) is 3.11. The number of aromatic nitrogens is 2. The molecule has 3 rings (SSSR count). The van der Waals surface area contributed by atoms with Crippen LogP contribution in [0.4, 0.5) is 0 Å². The van der Waals surface area contributed by atoms with E-state index in [2.05, 4.69) is 10.2 Å². The van der Waals surface area contributed by atoms with Crippen LogP contribution in [0.15, 0.2) is 52.9 Å². The van der Waals surface area contributed by atoms with Crippen LogP contribution in [0, 0.1) is 6.92 Å². The lowest BCUT2D eigenvalue weighted by Crippen LogP contribution is -2.25. The van der Waals surface area contributed by atoms with Crippen LogP contribution in [0.25, 0.3) is 22.9 Å². The van der Waals surface area contributed by atoms with E-state index in [1.807, 2.05) is 31.2 Å².